The highest BCUT2D eigenvalue weighted by molar-refractivity contribution is 5.82. The van der Waals surface area contributed by atoms with Crippen molar-refractivity contribution in [3.63, 3.8) is 0 Å². The maximum absolute atomic E-state index is 13.1. The summed E-state index contributed by atoms with van der Waals surface area (Å²) >= 11 is 0. The van der Waals surface area contributed by atoms with Crippen LogP contribution >= 0.6 is 0 Å². The van der Waals surface area contributed by atoms with E-state index in [0.717, 1.165) is 22.2 Å². The molecular weight excluding hydrogens is 257 g/mol. The number of halogens is 1. The molecule has 100 valence electrons. The van der Waals surface area contributed by atoms with Crippen molar-refractivity contribution in [2.45, 2.75) is 13.5 Å². The summed E-state index contributed by atoms with van der Waals surface area (Å²) in [5.74, 6) is -0.295. The normalized spacial score (nSPS) is 10.9. The van der Waals surface area contributed by atoms with E-state index in [1.807, 2.05) is 25.3 Å². The molecule has 0 saturated carbocycles. The second-order valence-corrected chi connectivity index (χ2v) is 4.65. The monoisotopic (exact) mass is 269 g/mol. The van der Waals surface area contributed by atoms with E-state index in [2.05, 4.69) is 10.3 Å². The summed E-state index contributed by atoms with van der Waals surface area (Å²) in [6, 6.07) is 10.1. The van der Waals surface area contributed by atoms with E-state index in [9.17, 15) is 9.30 Å². The lowest BCUT2D eigenvalue weighted by Gasteiger charge is -2.02. The molecule has 0 saturated heterocycles. The van der Waals surface area contributed by atoms with E-state index in [0.29, 0.717) is 5.69 Å². The molecule has 20 heavy (non-hydrogen) atoms. The van der Waals surface area contributed by atoms with Crippen LogP contribution in [0.25, 0.3) is 16.6 Å². The van der Waals surface area contributed by atoms with Gasteiger partial charge in [-0.3, -0.25) is 0 Å². The van der Waals surface area contributed by atoms with Crippen LogP contribution in [-0.2, 0) is 6.54 Å². The highest BCUT2D eigenvalue weighted by Crippen LogP contribution is 2.29. The number of aryl methyl sites for hydroxylation is 1. The Bertz CT molecular complexity index is 778. The molecule has 0 bridgehead atoms. The molecular formula is C15H12FN3O. The fourth-order valence-corrected chi connectivity index (χ4v) is 2.30. The van der Waals surface area contributed by atoms with Gasteiger partial charge in [0.2, 0.25) is 0 Å². The Balaban J connectivity index is 2.28. The third-order valence-electron chi connectivity index (χ3n) is 3.20. The van der Waals surface area contributed by atoms with E-state index in [-0.39, 0.29) is 12.4 Å². The molecule has 0 aliphatic heterocycles. The molecule has 3 aromatic rings. The number of pyridine rings is 1. The third kappa shape index (κ3) is 2.07. The van der Waals surface area contributed by atoms with E-state index in [1.165, 1.54) is 12.1 Å². The second kappa shape index (κ2) is 4.85. The summed E-state index contributed by atoms with van der Waals surface area (Å²) < 4.78 is 14.8. The number of rotatable bonds is 3. The van der Waals surface area contributed by atoms with Gasteiger partial charge in [-0.05, 0) is 36.2 Å². The third-order valence-corrected chi connectivity index (χ3v) is 3.20. The number of nitroso groups, excluding NO2 is 1. The van der Waals surface area contributed by atoms with Gasteiger partial charge in [0.1, 0.15) is 12.4 Å². The standard InChI is InChI=1S/C15H12FN3O/c1-10-2-7-14-15(11-3-5-12(16)6-4-11)13(8-17-20)18-19(14)9-10/h2-7,9H,8H2,1H3. The van der Waals surface area contributed by atoms with E-state index < -0.39 is 0 Å². The molecule has 2 heterocycles. The summed E-state index contributed by atoms with van der Waals surface area (Å²) in [5.41, 5.74) is 4.18. The first-order valence-electron chi connectivity index (χ1n) is 6.22. The SMILES string of the molecule is Cc1ccc2c(-c3ccc(F)cc3)c(CN=O)nn2c1. The molecule has 0 aliphatic rings. The molecule has 4 nitrogen and oxygen atoms in total. The Morgan fingerprint density at radius 2 is 1.95 bits per heavy atom. The van der Waals surface area contributed by atoms with Gasteiger partial charge in [0.15, 0.2) is 0 Å². The van der Waals surface area contributed by atoms with Crippen LogP contribution in [-0.4, -0.2) is 9.61 Å². The molecule has 0 aliphatic carbocycles. The predicted octanol–water partition coefficient (Wildman–Crippen LogP) is 3.72. The van der Waals surface area contributed by atoms with E-state index in [1.54, 1.807) is 16.6 Å². The van der Waals surface area contributed by atoms with Crippen molar-refractivity contribution in [1.82, 2.24) is 9.61 Å². The van der Waals surface area contributed by atoms with Crippen molar-refractivity contribution in [2.24, 2.45) is 5.18 Å². The molecule has 5 heteroatoms. The van der Waals surface area contributed by atoms with Crippen molar-refractivity contribution in [1.29, 1.82) is 0 Å². The van der Waals surface area contributed by atoms with Gasteiger partial charge in [0.05, 0.1) is 11.2 Å². The average molecular weight is 269 g/mol. The van der Waals surface area contributed by atoms with E-state index >= 15 is 0 Å². The Morgan fingerprint density at radius 3 is 2.65 bits per heavy atom. The van der Waals surface area contributed by atoms with Crippen LogP contribution in [0.3, 0.4) is 0 Å². The minimum atomic E-state index is -0.295. The molecule has 0 fully saturated rings. The quantitative estimate of drug-likeness (QED) is 0.680. The maximum atomic E-state index is 13.1. The summed E-state index contributed by atoms with van der Waals surface area (Å²) in [4.78, 5) is 10.6. The number of nitrogens with zero attached hydrogens (tertiary/aromatic N) is 3. The molecule has 0 unspecified atom stereocenters. The number of fused-ring (bicyclic) bond motifs is 1. The van der Waals surface area contributed by atoms with Crippen molar-refractivity contribution >= 4 is 5.52 Å². The summed E-state index contributed by atoms with van der Waals surface area (Å²) in [6.07, 6.45) is 1.89. The van der Waals surface area contributed by atoms with Crippen molar-refractivity contribution in [2.75, 3.05) is 0 Å². The van der Waals surface area contributed by atoms with Gasteiger partial charge in [-0.2, -0.15) is 10.0 Å². The lowest BCUT2D eigenvalue weighted by atomic mass is 10.0. The van der Waals surface area contributed by atoms with Crippen molar-refractivity contribution in [3.05, 3.63) is 64.6 Å². The first kappa shape index (κ1) is 12.5. The highest BCUT2D eigenvalue weighted by atomic mass is 19.1. The Labute approximate surface area is 114 Å². The van der Waals surface area contributed by atoms with Crippen LogP contribution in [0.4, 0.5) is 4.39 Å². The van der Waals surface area contributed by atoms with Gasteiger partial charge in [-0.25, -0.2) is 8.91 Å². The van der Waals surface area contributed by atoms with Crippen LogP contribution < -0.4 is 0 Å². The van der Waals surface area contributed by atoms with Crippen LogP contribution in [0, 0.1) is 17.6 Å². The summed E-state index contributed by atoms with van der Waals surface area (Å²) in [7, 11) is 0. The average Bonchev–Trinajstić information content (AvgIpc) is 2.77. The predicted molar refractivity (Wildman–Crippen MR) is 74.8 cm³/mol. The number of hydrogen-bond acceptors (Lipinski definition) is 3. The zero-order valence-corrected chi connectivity index (χ0v) is 10.9. The zero-order chi connectivity index (χ0) is 14.1. The first-order valence-corrected chi connectivity index (χ1v) is 6.22. The second-order valence-electron chi connectivity index (χ2n) is 4.65. The first-order chi connectivity index (χ1) is 9.69. The minimum absolute atomic E-state index is 0.00651. The van der Waals surface area contributed by atoms with Gasteiger partial charge in [-0.15, -0.1) is 0 Å². The van der Waals surface area contributed by atoms with Gasteiger partial charge in [0, 0.05) is 11.8 Å². The largest absolute Gasteiger partial charge is 0.240 e. The number of hydrogen-bond donors (Lipinski definition) is 0. The molecule has 0 N–H and O–H groups in total. The van der Waals surface area contributed by atoms with Crippen LogP contribution in [0.15, 0.2) is 47.8 Å². The Hall–Kier alpha value is -2.56. The molecule has 0 radical (unpaired) electrons. The lowest BCUT2D eigenvalue weighted by Crippen LogP contribution is -1.88. The molecule has 0 spiro atoms. The molecule has 2 aromatic heterocycles. The van der Waals surface area contributed by atoms with Crippen LogP contribution in [0.1, 0.15) is 11.3 Å². The fraction of sp³-hybridized carbons (Fsp3) is 0.133. The van der Waals surface area contributed by atoms with Crippen molar-refractivity contribution in [3.8, 4) is 11.1 Å². The fourth-order valence-electron chi connectivity index (χ4n) is 2.30. The maximum Gasteiger partial charge on any atom is 0.126 e. The van der Waals surface area contributed by atoms with E-state index in [4.69, 9.17) is 0 Å². The summed E-state index contributed by atoms with van der Waals surface area (Å²) in [5, 5.41) is 7.32. The van der Waals surface area contributed by atoms with Gasteiger partial charge in [-0.1, -0.05) is 23.4 Å². The lowest BCUT2D eigenvalue weighted by molar-refractivity contribution is 0.628. The number of benzene rings is 1. The Kier molecular flexibility index (Phi) is 3.02. The Morgan fingerprint density at radius 1 is 1.20 bits per heavy atom. The van der Waals surface area contributed by atoms with Crippen LogP contribution in [0.2, 0.25) is 0 Å². The zero-order valence-electron chi connectivity index (χ0n) is 10.9. The molecule has 3 rings (SSSR count). The molecule has 0 amide bonds. The highest BCUT2D eigenvalue weighted by Gasteiger charge is 2.14. The van der Waals surface area contributed by atoms with Gasteiger partial charge in [0.25, 0.3) is 0 Å². The summed E-state index contributed by atoms with van der Waals surface area (Å²) in [6.45, 7) is 1.96. The van der Waals surface area contributed by atoms with Crippen LogP contribution in [0.5, 0.6) is 0 Å². The molecule has 1 aromatic carbocycles. The molecule has 0 atom stereocenters. The van der Waals surface area contributed by atoms with Gasteiger partial charge >= 0.3 is 0 Å². The van der Waals surface area contributed by atoms with Gasteiger partial charge < -0.3 is 0 Å². The van der Waals surface area contributed by atoms with Crippen molar-refractivity contribution < 1.29 is 4.39 Å². The smallest absolute Gasteiger partial charge is 0.126 e. The minimum Gasteiger partial charge on any atom is -0.240 e. The topological polar surface area (TPSA) is 46.7 Å². The number of aromatic nitrogens is 2.